The molecule has 0 saturated heterocycles. The standard InChI is InChI=1S/C23H17NO6/c25-18(26)13-14-8-10-16(11-9-14)24-20(15-5-2-1-3-6-15)19(22(28)23(24)29)21(27)17-7-4-12-30-17/h1-12,20,28H,13H2,(H,25,26). The van der Waals surface area contributed by atoms with E-state index in [0.717, 1.165) is 0 Å². The lowest BCUT2D eigenvalue weighted by atomic mass is 9.95. The van der Waals surface area contributed by atoms with Crippen LogP contribution in [0.2, 0.25) is 0 Å². The Labute approximate surface area is 171 Å². The molecular formula is C23H17NO6. The maximum absolute atomic E-state index is 13.0. The zero-order valence-electron chi connectivity index (χ0n) is 15.7. The number of carbonyl (C=O) groups excluding carboxylic acids is 2. The summed E-state index contributed by atoms with van der Waals surface area (Å²) in [6.45, 7) is 0. The van der Waals surface area contributed by atoms with Crippen molar-refractivity contribution in [3.63, 3.8) is 0 Å². The summed E-state index contributed by atoms with van der Waals surface area (Å²) >= 11 is 0. The molecule has 30 heavy (non-hydrogen) atoms. The Morgan fingerprint density at radius 2 is 1.67 bits per heavy atom. The third-order valence-corrected chi connectivity index (χ3v) is 4.88. The summed E-state index contributed by atoms with van der Waals surface area (Å²) in [5.41, 5.74) is 1.56. The molecule has 2 heterocycles. The Hall–Kier alpha value is -4.13. The molecule has 0 fully saturated rings. The first kappa shape index (κ1) is 19.2. The SMILES string of the molecule is O=C(O)Cc1ccc(N2C(=O)C(O)=C(C(=O)c3ccco3)C2c2ccccc2)cc1. The van der Waals surface area contributed by atoms with Gasteiger partial charge in [0.25, 0.3) is 5.91 Å². The Kier molecular flexibility index (Phi) is 4.93. The van der Waals surface area contributed by atoms with Crippen LogP contribution in [0.25, 0.3) is 0 Å². The second-order valence-corrected chi connectivity index (χ2v) is 6.79. The second-order valence-electron chi connectivity index (χ2n) is 6.79. The largest absolute Gasteiger partial charge is 0.503 e. The second kappa shape index (κ2) is 7.71. The molecule has 2 N–H and O–H groups in total. The third kappa shape index (κ3) is 3.37. The van der Waals surface area contributed by atoms with Crippen molar-refractivity contribution in [2.24, 2.45) is 0 Å². The highest BCUT2D eigenvalue weighted by Gasteiger charge is 2.45. The fourth-order valence-electron chi connectivity index (χ4n) is 3.54. The van der Waals surface area contributed by atoms with Crippen LogP contribution in [-0.2, 0) is 16.0 Å². The molecule has 0 aliphatic carbocycles. The van der Waals surface area contributed by atoms with Crippen LogP contribution in [0.3, 0.4) is 0 Å². The van der Waals surface area contributed by atoms with Crippen molar-refractivity contribution in [3.8, 4) is 0 Å². The van der Waals surface area contributed by atoms with Gasteiger partial charge in [0.2, 0.25) is 5.78 Å². The van der Waals surface area contributed by atoms with Crippen molar-refractivity contribution in [2.45, 2.75) is 12.5 Å². The molecule has 1 aromatic heterocycles. The van der Waals surface area contributed by atoms with Crippen LogP contribution < -0.4 is 4.90 Å². The van der Waals surface area contributed by atoms with Crippen molar-refractivity contribution in [3.05, 3.63) is 101 Å². The summed E-state index contributed by atoms with van der Waals surface area (Å²) in [6, 6.07) is 17.4. The number of Topliss-reactive ketones (excluding diaryl/α,β-unsaturated/α-hetero) is 1. The van der Waals surface area contributed by atoms with E-state index < -0.39 is 29.5 Å². The number of amides is 1. The number of benzene rings is 2. The maximum Gasteiger partial charge on any atom is 0.307 e. The van der Waals surface area contributed by atoms with Crippen LogP contribution in [0, 0.1) is 0 Å². The Bertz CT molecular complexity index is 1130. The Morgan fingerprint density at radius 3 is 2.27 bits per heavy atom. The van der Waals surface area contributed by atoms with E-state index in [-0.39, 0.29) is 17.8 Å². The number of furan rings is 1. The van der Waals surface area contributed by atoms with Crippen LogP contribution in [0.1, 0.15) is 27.7 Å². The van der Waals surface area contributed by atoms with Gasteiger partial charge in [-0.3, -0.25) is 19.3 Å². The van der Waals surface area contributed by atoms with E-state index in [9.17, 15) is 19.5 Å². The van der Waals surface area contributed by atoms with Gasteiger partial charge in [0.1, 0.15) is 0 Å². The zero-order valence-corrected chi connectivity index (χ0v) is 15.7. The average molecular weight is 403 g/mol. The molecule has 7 heteroatoms. The van der Waals surface area contributed by atoms with Gasteiger partial charge in [0, 0.05) is 5.69 Å². The molecule has 150 valence electrons. The van der Waals surface area contributed by atoms with Crippen LogP contribution in [-0.4, -0.2) is 27.9 Å². The van der Waals surface area contributed by atoms with E-state index in [4.69, 9.17) is 9.52 Å². The summed E-state index contributed by atoms with van der Waals surface area (Å²) < 4.78 is 5.19. The molecule has 4 rings (SSSR count). The normalized spacial score (nSPS) is 16.2. The highest BCUT2D eigenvalue weighted by atomic mass is 16.4. The highest BCUT2D eigenvalue weighted by Crippen LogP contribution is 2.41. The van der Waals surface area contributed by atoms with Gasteiger partial charge in [-0.2, -0.15) is 0 Å². The minimum Gasteiger partial charge on any atom is -0.503 e. The van der Waals surface area contributed by atoms with Crippen molar-refractivity contribution in [1.29, 1.82) is 0 Å². The molecule has 2 aromatic carbocycles. The number of hydrogen-bond donors (Lipinski definition) is 2. The van der Waals surface area contributed by atoms with Gasteiger partial charge >= 0.3 is 5.97 Å². The van der Waals surface area contributed by atoms with Gasteiger partial charge in [-0.25, -0.2) is 0 Å². The first-order valence-electron chi connectivity index (χ1n) is 9.18. The molecule has 0 saturated carbocycles. The maximum atomic E-state index is 13.0. The number of nitrogens with zero attached hydrogens (tertiary/aromatic N) is 1. The van der Waals surface area contributed by atoms with E-state index in [0.29, 0.717) is 16.8 Å². The van der Waals surface area contributed by atoms with E-state index in [1.54, 1.807) is 54.6 Å². The van der Waals surface area contributed by atoms with Gasteiger partial charge in [-0.05, 0) is 35.4 Å². The number of aliphatic carboxylic acids is 1. The summed E-state index contributed by atoms with van der Waals surface area (Å²) in [6.07, 6.45) is 1.19. The predicted octanol–water partition coefficient (Wildman–Crippen LogP) is 3.69. The number of aliphatic hydroxyl groups is 1. The van der Waals surface area contributed by atoms with E-state index in [1.165, 1.54) is 17.2 Å². The van der Waals surface area contributed by atoms with E-state index in [2.05, 4.69) is 0 Å². The van der Waals surface area contributed by atoms with Crippen molar-refractivity contribution in [1.82, 2.24) is 0 Å². The topological polar surface area (TPSA) is 108 Å². The fourth-order valence-corrected chi connectivity index (χ4v) is 3.54. The third-order valence-electron chi connectivity index (χ3n) is 4.88. The van der Waals surface area contributed by atoms with E-state index >= 15 is 0 Å². The van der Waals surface area contributed by atoms with Gasteiger partial charge < -0.3 is 14.6 Å². The molecular weight excluding hydrogens is 386 g/mol. The molecule has 0 spiro atoms. The Balaban J connectivity index is 1.80. The Morgan fingerprint density at radius 1 is 0.967 bits per heavy atom. The number of carboxylic acid groups (broad SMARTS) is 1. The minimum atomic E-state index is -0.965. The predicted molar refractivity (Wildman–Crippen MR) is 107 cm³/mol. The van der Waals surface area contributed by atoms with Crippen LogP contribution in [0.5, 0.6) is 0 Å². The number of anilines is 1. The first-order chi connectivity index (χ1) is 14.5. The number of rotatable bonds is 6. The number of ketones is 1. The van der Waals surface area contributed by atoms with Crippen molar-refractivity contribution >= 4 is 23.3 Å². The molecule has 3 aromatic rings. The molecule has 1 unspecified atom stereocenters. The fraction of sp³-hybridized carbons (Fsp3) is 0.0870. The smallest absolute Gasteiger partial charge is 0.307 e. The zero-order chi connectivity index (χ0) is 21.3. The summed E-state index contributed by atoms with van der Waals surface area (Å²) in [5.74, 6) is -2.88. The van der Waals surface area contributed by atoms with Crippen LogP contribution in [0.15, 0.2) is 88.7 Å². The van der Waals surface area contributed by atoms with Gasteiger partial charge in [0.15, 0.2) is 11.5 Å². The highest BCUT2D eigenvalue weighted by molar-refractivity contribution is 6.20. The van der Waals surface area contributed by atoms with Gasteiger partial charge in [0.05, 0.1) is 24.3 Å². The monoisotopic (exact) mass is 403 g/mol. The molecule has 1 aliphatic rings. The molecule has 7 nitrogen and oxygen atoms in total. The number of hydrogen-bond acceptors (Lipinski definition) is 5. The molecule has 1 amide bonds. The first-order valence-corrected chi connectivity index (χ1v) is 9.18. The lowest BCUT2D eigenvalue weighted by molar-refractivity contribution is -0.136. The van der Waals surface area contributed by atoms with Gasteiger partial charge in [-0.1, -0.05) is 42.5 Å². The molecule has 1 atom stereocenters. The quantitative estimate of drug-likeness (QED) is 0.608. The van der Waals surface area contributed by atoms with Gasteiger partial charge in [-0.15, -0.1) is 0 Å². The summed E-state index contributed by atoms with van der Waals surface area (Å²) in [5, 5.41) is 19.6. The minimum absolute atomic E-state index is 0.0175. The van der Waals surface area contributed by atoms with Crippen LogP contribution in [0.4, 0.5) is 5.69 Å². The van der Waals surface area contributed by atoms with Crippen LogP contribution >= 0.6 is 0 Å². The molecule has 0 radical (unpaired) electrons. The van der Waals surface area contributed by atoms with Crippen molar-refractivity contribution in [2.75, 3.05) is 4.90 Å². The number of carboxylic acids is 1. The molecule has 1 aliphatic heterocycles. The summed E-state index contributed by atoms with van der Waals surface area (Å²) in [4.78, 5) is 38.3. The average Bonchev–Trinajstić information content (AvgIpc) is 3.36. The van der Waals surface area contributed by atoms with Crippen molar-refractivity contribution < 1.29 is 29.0 Å². The lowest BCUT2D eigenvalue weighted by Crippen LogP contribution is -2.31. The summed E-state index contributed by atoms with van der Waals surface area (Å²) in [7, 11) is 0. The number of aliphatic hydroxyl groups excluding tert-OH is 1. The lowest BCUT2D eigenvalue weighted by Gasteiger charge is -2.27. The number of carbonyl (C=O) groups is 3. The molecule has 0 bridgehead atoms. The van der Waals surface area contributed by atoms with E-state index in [1.807, 2.05) is 6.07 Å².